The first-order valence-corrected chi connectivity index (χ1v) is 8.31. The molecular weight excluding hydrogens is 352 g/mol. The smallest absolute Gasteiger partial charge is 0.291 e. The highest BCUT2D eigenvalue weighted by molar-refractivity contribution is 6.31. The number of carbonyl (C=O) groups excluding carboxylic acids is 1. The number of hydrogen-bond donors (Lipinski definition) is 3. The van der Waals surface area contributed by atoms with Crippen molar-refractivity contribution >= 4 is 23.7 Å². The Morgan fingerprint density at radius 3 is 2.85 bits per heavy atom. The number of rotatable bonds is 5. The van der Waals surface area contributed by atoms with Gasteiger partial charge in [0.1, 0.15) is 5.75 Å². The number of phenolic OH excluding ortho intramolecular Hbond substituents is 1. The van der Waals surface area contributed by atoms with Gasteiger partial charge in [0.2, 0.25) is 0 Å². The Hall–Kier alpha value is -3.12. The summed E-state index contributed by atoms with van der Waals surface area (Å²) in [6.45, 7) is 1.80. The van der Waals surface area contributed by atoms with Crippen LogP contribution in [0.3, 0.4) is 0 Å². The second-order valence-corrected chi connectivity index (χ2v) is 6.20. The third-order valence-corrected chi connectivity index (χ3v) is 4.12. The molecule has 0 aliphatic rings. The van der Waals surface area contributed by atoms with E-state index in [4.69, 9.17) is 11.6 Å². The van der Waals surface area contributed by atoms with Crippen molar-refractivity contribution in [2.24, 2.45) is 5.10 Å². The first kappa shape index (κ1) is 17.7. The quantitative estimate of drug-likeness (QED) is 0.476. The zero-order chi connectivity index (χ0) is 18.5. The summed E-state index contributed by atoms with van der Waals surface area (Å²) < 4.78 is 0. The maximum Gasteiger partial charge on any atom is 0.291 e. The van der Waals surface area contributed by atoms with E-state index in [1.165, 1.54) is 6.21 Å². The number of nitrogens with zero attached hydrogens (tertiary/aromatic N) is 2. The van der Waals surface area contributed by atoms with Crippen molar-refractivity contribution in [2.45, 2.75) is 13.3 Å². The SMILES string of the molecule is Cc1cc(C(=O)NN=Cc2cc(Cc3ccccc3Cl)ccc2O)n[nH]1. The molecule has 1 aromatic heterocycles. The number of phenols is 1. The number of H-pyrrole nitrogens is 1. The molecule has 3 rings (SSSR count). The highest BCUT2D eigenvalue weighted by Crippen LogP contribution is 2.22. The zero-order valence-electron chi connectivity index (χ0n) is 14.0. The molecule has 0 spiro atoms. The van der Waals surface area contributed by atoms with Crippen LogP contribution in [0.15, 0.2) is 53.6 Å². The number of carbonyl (C=O) groups is 1. The monoisotopic (exact) mass is 368 g/mol. The van der Waals surface area contributed by atoms with E-state index >= 15 is 0 Å². The number of benzene rings is 2. The summed E-state index contributed by atoms with van der Waals surface area (Å²) in [5.74, 6) is -0.362. The van der Waals surface area contributed by atoms with E-state index < -0.39 is 5.91 Å². The van der Waals surface area contributed by atoms with Crippen molar-refractivity contribution < 1.29 is 9.90 Å². The van der Waals surface area contributed by atoms with E-state index in [-0.39, 0.29) is 11.4 Å². The number of aromatic nitrogens is 2. The van der Waals surface area contributed by atoms with Gasteiger partial charge in [0, 0.05) is 16.3 Å². The molecule has 7 heteroatoms. The van der Waals surface area contributed by atoms with Crippen molar-refractivity contribution in [1.29, 1.82) is 0 Å². The second-order valence-electron chi connectivity index (χ2n) is 5.80. The molecule has 3 aromatic rings. The molecule has 0 aliphatic heterocycles. The topological polar surface area (TPSA) is 90.4 Å². The fourth-order valence-electron chi connectivity index (χ4n) is 2.43. The molecule has 1 heterocycles. The number of aryl methyl sites for hydroxylation is 1. The summed E-state index contributed by atoms with van der Waals surface area (Å²) in [5.41, 5.74) is 5.86. The van der Waals surface area contributed by atoms with Crippen LogP contribution in [-0.4, -0.2) is 27.4 Å². The van der Waals surface area contributed by atoms with E-state index in [0.29, 0.717) is 17.0 Å². The molecule has 3 N–H and O–H groups in total. The number of hydrogen-bond acceptors (Lipinski definition) is 4. The average Bonchev–Trinajstić information content (AvgIpc) is 3.06. The standard InChI is InChI=1S/C19H17ClN4O2/c1-12-8-17(23-22-12)19(26)24-21-11-15-10-13(6-7-18(15)25)9-14-4-2-3-5-16(14)20/h2-8,10-11,25H,9H2,1H3,(H,22,23)(H,24,26). The number of nitrogens with one attached hydrogen (secondary N) is 2. The molecule has 0 unspecified atom stereocenters. The molecule has 132 valence electrons. The Morgan fingerprint density at radius 2 is 2.12 bits per heavy atom. The van der Waals surface area contributed by atoms with Crippen LogP contribution in [0, 0.1) is 6.92 Å². The van der Waals surface area contributed by atoms with Gasteiger partial charge in [0.05, 0.1) is 6.21 Å². The number of aromatic amines is 1. The van der Waals surface area contributed by atoms with E-state index in [1.54, 1.807) is 25.1 Å². The van der Waals surface area contributed by atoms with E-state index in [1.807, 2.05) is 30.3 Å². The van der Waals surface area contributed by atoms with Crippen molar-refractivity contribution in [3.05, 3.63) is 81.6 Å². The lowest BCUT2D eigenvalue weighted by atomic mass is 10.0. The Labute approximate surface area is 155 Å². The molecule has 2 aromatic carbocycles. The van der Waals surface area contributed by atoms with Gasteiger partial charge in [-0.25, -0.2) is 5.43 Å². The lowest BCUT2D eigenvalue weighted by molar-refractivity contribution is 0.0950. The summed E-state index contributed by atoms with van der Waals surface area (Å²) in [6.07, 6.45) is 2.02. The Kier molecular flexibility index (Phi) is 5.34. The molecule has 0 atom stereocenters. The van der Waals surface area contributed by atoms with E-state index in [9.17, 15) is 9.90 Å². The summed E-state index contributed by atoms with van der Waals surface area (Å²) >= 11 is 6.19. The number of hydrazone groups is 1. The molecule has 0 aliphatic carbocycles. The van der Waals surface area contributed by atoms with Crippen LogP contribution in [0.2, 0.25) is 5.02 Å². The minimum absolute atomic E-state index is 0.0709. The van der Waals surface area contributed by atoms with Gasteiger partial charge in [0.15, 0.2) is 5.69 Å². The highest BCUT2D eigenvalue weighted by Gasteiger charge is 2.08. The van der Waals surface area contributed by atoms with Crippen LogP contribution < -0.4 is 5.43 Å². The summed E-state index contributed by atoms with van der Waals surface area (Å²) in [6, 6.07) is 14.4. The Balaban J connectivity index is 1.71. The average molecular weight is 369 g/mol. The summed E-state index contributed by atoms with van der Waals surface area (Å²) in [5, 5.41) is 21.1. The molecule has 26 heavy (non-hydrogen) atoms. The highest BCUT2D eigenvalue weighted by atomic mass is 35.5. The van der Waals surface area contributed by atoms with Gasteiger partial charge in [-0.05, 0) is 48.7 Å². The first-order chi connectivity index (χ1) is 12.5. The largest absolute Gasteiger partial charge is 0.507 e. The normalized spacial score (nSPS) is 11.0. The third-order valence-electron chi connectivity index (χ3n) is 3.75. The minimum atomic E-state index is -0.433. The number of halogens is 1. The minimum Gasteiger partial charge on any atom is -0.507 e. The summed E-state index contributed by atoms with van der Waals surface area (Å²) in [4.78, 5) is 11.9. The molecule has 0 bridgehead atoms. The van der Waals surface area contributed by atoms with Crippen molar-refractivity contribution in [3.63, 3.8) is 0 Å². The Bertz CT molecular complexity index is 966. The van der Waals surface area contributed by atoms with Crippen LogP contribution in [0.1, 0.15) is 32.9 Å². The van der Waals surface area contributed by atoms with Gasteiger partial charge in [-0.2, -0.15) is 10.2 Å². The predicted octanol–water partition coefficient (Wildman–Crippen LogP) is 3.43. The molecule has 0 fully saturated rings. The van der Waals surface area contributed by atoms with Gasteiger partial charge in [-0.1, -0.05) is 35.9 Å². The number of aromatic hydroxyl groups is 1. The van der Waals surface area contributed by atoms with Crippen LogP contribution in [0.25, 0.3) is 0 Å². The molecule has 0 saturated carbocycles. The predicted molar refractivity (Wildman–Crippen MR) is 101 cm³/mol. The van der Waals surface area contributed by atoms with Crippen LogP contribution >= 0.6 is 11.6 Å². The maximum atomic E-state index is 11.9. The van der Waals surface area contributed by atoms with Crippen LogP contribution in [-0.2, 0) is 6.42 Å². The molecule has 0 radical (unpaired) electrons. The summed E-state index contributed by atoms with van der Waals surface area (Å²) in [7, 11) is 0. The van der Waals surface area contributed by atoms with Gasteiger partial charge in [-0.15, -0.1) is 0 Å². The lowest BCUT2D eigenvalue weighted by Crippen LogP contribution is -2.18. The molecule has 6 nitrogen and oxygen atoms in total. The van der Waals surface area contributed by atoms with E-state index in [0.717, 1.165) is 16.8 Å². The Morgan fingerprint density at radius 1 is 1.31 bits per heavy atom. The first-order valence-electron chi connectivity index (χ1n) is 7.93. The third kappa shape index (κ3) is 4.29. The fraction of sp³-hybridized carbons (Fsp3) is 0.105. The van der Waals surface area contributed by atoms with Crippen molar-refractivity contribution in [2.75, 3.05) is 0 Å². The van der Waals surface area contributed by atoms with Gasteiger partial charge in [0.25, 0.3) is 5.91 Å². The second kappa shape index (κ2) is 7.84. The lowest BCUT2D eigenvalue weighted by Gasteiger charge is -2.06. The van der Waals surface area contributed by atoms with Crippen molar-refractivity contribution in [1.82, 2.24) is 15.6 Å². The van der Waals surface area contributed by atoms with E-state index in [2.05, 4.69) is 20.7 Å². The van der Waals surface area contributed by atoms with Crippen LogP contribution in [0.4, 0.5) is 0 Å². The zero-order valence-corrected chi connectivity index (χ0v) is 14.8. The van der Waals surface area contributed by atoms with Gasteiger partial charge in [-0.3, -0.25) is 9.89 Å². The molecule has 1 amide bonds. The van der Waals surface area contributed by atoms with Gasteiger partial charge < -0.3 is 5.11 Å². The fourth-order valence-corrected chi connectivity index (χ4v) is 2.63. The number of amides is 1. The maximum absolute atomic E-state index is 11.9. The molecule has 0 saturated heterocycles. The van der Waals surface area contributed by atoms with Gasteiger partial charge >= 0.3 is 0 Å². The molecular formula is C19H17ClN4O2. The van der Waals surface area contributed by atoms with Crippen molar-refractivity contribution in [3.8, 4) is 5.75 Å². The van der Waals surface area contributed by atoms with Crippen LogP contribution in [0.5, 0.6) is 5.75 Å².